The molecule has 0 bridgehead atoms. The monoisotopic (exact) mass is 374 g/mol. The minimum Gasteiger partial charge on any atom is -0.456 e. The molecule has 0 atom stereocenters. The van der Waals surface area contributed by atoms with Crippen LogP contribution in [0.25, 0.3) is 0 Å². The molecule has 2 rings (SSSR count). The number of nitrogens with one attached hydrogen (secondary N) is 2. The van der Waals surface area contributed by atoms with Crippen molar-refractivity contribution < 1.29 is 19.1 Å². The van der Waals surface area contributed by atoms with Gasteiger partial charge in [0.1, 0.15) is 0 Å². The van der Waals surface area contributed by atoms with Crippen molar-refractivity contribution in [3.8, 4) is 0 Å². The topological polar surface area (TPSA) is 84.5 Å². The number of rotatable bonds is 7. The van der Waals surface area contributed by atoms with Crippen molar-refractivity contribution in [2.45, 2.75) is 19.8 Å². The molecular weight excluding hydrogens is 356 g/mol. The van der Waals surface area contributed by atoms with E-state index in [1.165, 1.54) is 0 Å². The van der Waals surface area contributed by atoms with Gasteiger partial charge in [-0.25, -0.2) is 0 Å². The summed E-state index contributed by atoms with van der Waals surface area (Å²) in [6, 6.07) is 14.0. The molecule has 2 N–H and O–H groups in total. The lowest BCUT2D eigenvalue weighted by Crippen LogP contribution is -2.21. The molecule has 0 aliphatic carbocycles. The number of ether oxygens (including phenoxy) is 1. The molecule has 0 saturated heterocycles. The van der Waals surface area contributed by atoms with E-state index in [0.29, 0.717) is 16.4 Å². The van der Waals surface area contributed by atoms with E-state index in [1.807, 2.05) is 19.1 Å². The molecule has 0 radical (unpaired) electrons. The zero-order valence-electron chi connectivity index (χ0n) is 14.3. The van der Waals surface area contributed by atoms with Crippen molar-refractivity contribution in [3.63, 3.8) is 0 Å². The Morgan fingerprint density at radius 2 is 1.58 bits per heavy atom. The van der Waals surface area contributed by atoms with Crippen LogP contribution in [-0.2, 0) is 19.1 Å². The second kappa shape index (κ2) is 9.58. The summed E-state index contributed by atoms with van der Waals surface area (Å²) in [5.74, 6) is -1.40. The largest absolute Gasteiger partial charge is 0.456 e. The zero-order chi connectivity index (χ0) is 18.9. The van der Waals surface area contributed by atoms with E-state index < -0.39 is 18.5 Å². The van der Waals surface area contributed by atoms with Crippen LogP contribution < -0.4 is 10.6 Å². The van der Waals surface area contributed by atoms with Crippen molar-refractivity contribution in [2.75, 3.05) is 17.2 Å². The lowest BCUT2D eigenvalue weighted by molar-refractivity contribution is -0.147. The fourth-order valence-electron chi connectivity index (χ4n) is 2.14. The molecule has 0 aliphatic rings. The van der Waals surface area contributed by atoms with Crippen LogP contribution in [0.5, 0.6) is 0 Å². The Kier molecular flexibility index (Phi) is 7.17. The van der Waals surface area contributed by atoms with E-state index in [2.05, 4.69) is 10.6 Å². The van der Waals surface area contributed by atoms with Crippen molar-refractivity contribution in [1.82, 2.24) is 0 Å². The molecule has 0 aromatic heterocycles. The fraction of sp³-hybridized carbons (Fsp3) is 0.211. The first kappa shape index (κ1) is 19.5. The van der Waals surface area contributed by atoms with E-state index >= 15 is 0 Å². The normalized spacial score (nSPS) is 10.1. The summed E-state index contributed by atoms with van der Waals surface area (Å²) in [6.07, 6.45) is -0.172. The average Bonchev–Trinajstić information content (AvgIpc) is 2.58. The Morgan fingerprint density at radius 1 is 0.923 bits per heavy atom. The van der Waals surface area contributed by atoms with Gasteiger partial charge in [-0.15, -0.1) is 0 Å². The van der Waals surface area contributed by atoms with Crippen LogP contribution in [0.4, 0.5) is 11.4 Å². The number of carbonyl (C=O) groups is 3. The van der Waals surface area contributed by atoms with E-state index in [9.17, 15) is 14.4 Å². The number of aryl methyl sites for hydroxylation is 1. The first-order valence-electron chi connectivity index (χ1n) is 8.00. The summed E-state index contributed by atoms with van der Waals surface area (Å²) < 4.78 is 4.87. The van der Waals surface area contributed by atoms with Crippen LogP contribution in [0.2, 0.25) is 5.02 Å². The van der Waals surface area contributed by atoms with Gasteiger partial charge >= 0.3 is 5.97 Å². The van der Waals surface area contributed by atoms with E-state index in [0.717, 1.165) is 5.56 Å². The second-order valence-electron chi connectivity index (χ2n) is 5.64. The summed E-state index contributed by atoms with van der Waals surface area (Å²) >= 11 is 5.83. The highest BCUT2D eigenvalue weighted by atomic mass is 35.5. The highest BCUT2D eigenvalue weighted by Gasteiger charge is 2.11. The van der Waals surface area contributed by atoms with Gasteiger partial charge in [-0.05, 0) is 42.8 Å². The molecule has 0 saturated carbocycles. The van der Waals surface area contributed by atoms with Gasteiger partial charge in [0.25, 0.3) is 5.91 Å². The van der Waals surface area contributed by atoms with E-state index in [1.54, 1.807) is 36.4 Å². The molecule has 0 spiro atoms. The number of halogens is 1. The SMILES string of the molecule is Cc1cccc(NC(=O)COC(=O)CCC(=O)Nc2cccc(Cl)c2)c1. The average molecular weight is 375 g/mol. The smallest absolute Gasteiger partial charge is 0.306 e. The summed E-state index contributed by atoms with van der Waals surface area (Å²) in [5, 5.41) is 5.77. The van der Waals surface area contributed by atoms with Gasteiger partial charge in [-0.2, -0.15) is 0 Å². The quantitative estimate of drug-likeness (QED) is 0.726. The molecule has 2 aromatic rings. The Hall–Kier alpha value is -2.86. The third-order valence-corrected chi connectivity index (χ3v) is 3.57. The standard InChI is InChI=1S/C19H19ClN2O4/c1-13-4-2-6-15(10-13)22-18(24)12-26-19(25)9-8-17(23)21-16-7-3-5-14(20)11-16/h2-7,10-11H,8-9,12H2,1H3,(H,21,23)(H,22,24). The first-order valence-corrected chi connectivity index (χ1v) is 8.38. The highest BCUT2D eigenvalue weighted by Crippen LogP contribution is 2.15. The summed E-state index contributed by atoms with van der Waals surface area (Å²) in [4.78, 5) is 35.2. The lowest BCUT2D eigenvalue weighted by atomic mass is 10.2. The molecule has 7 heteroatoms. The molecule has 0 aliphatic heterocycles. The number of benzene rings is 2. The third-order valence-electron chi connectivity index (χ3n) is 3.33. The van der Waals surface area contributed by atoms with Gasteiger partial charge in [-0.1, -0.05) is 29.8 Å². The van der Waals surface area contributed by atoms with Gasteiger partial charge in [0.2, 0.25) is 5.91 Å². The van der Waals surface area contributed by atoms with Gasteiger partial charge in [0.15, 0.2) is 6.61 Å². The third kappa shape index (κ3) is 6.94. The predicted molar refractivity (Wildman–Crippen MR) is 100 cm³/mol. The second-order valence-corrected chi connectivity index (χ2v) is 6.07. The number of carbonyl (C=O) groups excluding carboxylic acids is 3. The van der Waals surface area contributed by atoms with E-state index in [4.69, 9.17) is 16.3 Å². The molecule has 2 amide bonds. The van der Waals surface area contributed by atoms with Crippen molar-refractivity contribution in [1.29, 1.82) is 0 Å². The number of esters is 1. The van der Waals surface area contributed by atoms with Crippen LogP contribution in [0.3, 0.4) is 0 Å². The molecule has 0 heterocycles. The van der Waals surface area contributed by atoms with Crippen molar-refractivity contribution in [2.24, 2.45) is 0 Å². The van der Waals surface area contributed by atoms with Gasteiger partial charge in [-0.3, -0.25) is 14.4 Å². The fourth-order valence-corrected chi connectivity index (χ4v) is 2.33. The molecular formula is C19H19ClN2O4. The van der Waals surface area contributed by atoms with Crippen molar-refractivity contribution >= 4 is 40.8 Å². The van der Waals surface area contributed by atoms with Gasteiger partial charge < -0.3 is 15.4 Å². The minimum atomic E-state index is -0.620. The van der Waals surface area contributed by atoms with E-state index in [-0.39, 0.29) is 18.7 Å². The summed E-state index contributed by atoms with van der Waals surface area (Å²) in [5.41, 5.74) is 2.19. The maximum atomic E-state index is 11.8. The van der Waals surface area contributed by atoms with Crippen molar-refractivity contribution in [3.05, 3.63) is 59.1 Å². The summed E-state index contributed by atoms with van der Waals surface area (Å²) in [6.45, 7) is 1.51. The molecule has 0 fully saturated rings. The predicted octanol–water partition coefficient (Wildman–Crippen LogP) is 3.55. The summed E-state index contributed by atoms with van der Waals surface area (Å²) in [7, 11) is 0. The number of hydrogen-bond acceptors (Lipinski definition) is 4. The molecule has 6 nitrogen and oxygen atoms in total. The number of hydrogen-bond donors (Lipinski definition) is 2. The van der Waals surface area contributed by atoms with Crippen LogP contribution in [0, 0.1) is 6.92 Å². The molecule has 0 unspecified atom stereocenters. The van der Waals surface area contributed by atoms with Gasteiger partial charge in [0, 0.05) is 22.8 Å². The Bertz CT molecular complexity index is 742. The Balaban J connectivity index is 1.68. The van der Waals surface area contributed by atoms with Crippen LogP contribution in [-0.4, -0.2) is 24.4 Å². The maximum Gasteiger partial charge on any atom is 0.306 e. The maximum absolute atomic E-state index is 11.8. The molecule has 136 valence electrons. The number of anilines is 2. The lowest BCUT2D eigenvalue weighted by Gasteiger charge is -2.08. The minimum absolute atomic E-state index is 0.0507. The first-order chi connectivity index (χ1) is 12.4. The van der Waals surface area contributed by atoms with Crippen LogP contribution >= 0.6 is 11.6 Å². The zero-order valence-corrected chi connectivity index (χ0v) is 15.0. The van der Waals surface area contributed by atoms with Crippen LogP contribution in [0.15, 0.2) is 48.5 Å². The van der Waals surface area contributed by atoms with Crippen LogP contribution in [0.1, 0.15) is 18.4 Å². The number of amides is 2. The Morgan fingerprint density at radius 3 is 2.27 bits per heavy atom. The van der Waals surface area contributed by atoms with Gasteiger partial charge in [0.05, 0.1) is 6.42 Å². The highest BCUT2D eigenvalue weighted by molar-refractivity contribution is 6.30. The molecule has 2 aromatic carbocycles. The Labute approximate surface area is 156 Å². The molecule has 26 heavy (non-hydrogen) atoms.